The summed E-state index contributed by atoms with van der Waals surface area (Å²) in [5, 5.41) is 2.73. The molecule has 2 fully saturated rings. The highest BCUT2D eigenvalue weighted by Gasteiger charge is 2.58. The SMILES string of the molecule is Cl.Nc1ccccc1C(=O)NCCN1C(=O)C2C3C=CC(C3)C2C1=O. The normalized spacial score (nSPS) is 28.9. The van der Waals surface area contributed by atoms with Crippen molar-refractivity contribution in [1.29, 1.82) is 0 Å². The number of amides is 3. The predicted octanol–water partition coefficient (Wildman–Crippen LogP) is 1.23. The Morgan fingerprint density at radius 2 is 1.72 bits per heavy atom. The lowest BCUT2D eigenvalue weighted by atomic mass is 9.85. The van der Waals surface area contributed by atoms with Crippen molar-refractivity contribution in [2.75, 3.05) is 18.8 Å². The van der Waals surface area contributed by atoms with Crippen LogP contribution in [0.5, 0.6) is 0 Å². The molecule has 2 bridgehead atoms. The maximum Gasteiger partial charge on any atom is 0.253 e. The minimum atomic E-state index is -0.297. The highest BCUT2D eigenvalue weighted by atomic mass is 35.5. The van der Waals surface area contributed by atoms with E-state index in [4.69, 9.17) is 5.73 Å². The van der Waals surface area contributed by atoms with Crippen molar-refractivity contribution in [3.8, 4) is 0 Å². The smallest absolute Gasteiger partial charge is 0.253 e. The summed E-state index contributed by atoms with van der Waals surface area (Å²) in [6.45, 7) is 0.440. The van der Waals surface area contributed by atoms with Crippen LogP contribution in [0, 0.1) is 23.7 Å². The van der Waals surface area contributed by atoms with E-state index < -0.39 is 0 Å². The summed E-state index contributed by atoms with van der Waals surface area (Å²) in [7, 11) is 0. The first-order valence-electron chi connectivity index (χ1n) is 8.24. The summed E-state index contributed by atoms with van der Waals surface area (Å²) in [5.74, 6) is -0.430. The second-order valence-corrected chi connectivity index (χ2v) is 6.67. The van der Waals surface area contributed by atoms with E-state index in [2.05, 4.69) is 17.5 Å². The van der Waals surface area contributed by atoms with Gasteiger partial charge in [-0.2, -0.15) is 0 Å². The second-order valence-electron chi connectivity index (χ2n) is 6.67. The van der Waals surface area contributed by atoms with E-state index in [1.54, 1.807) is 24.3 Å². The van der Waals surface area contributed by atoms with Gasteiger partial charge in [0, 0.05) is 18.8 Å². The summed E-state index contributed by atoms with van der Waals surface area (Å²) in [4.78, 5) is 38.5. The van der Waals surface area contributed by atoms with Crippen molar-refractivity contribution in [2.24, 2.45) is 23.7 Å². The molecular weight excluding hydrogens is 342 g/mol. The average Bonchev–Trinajstić information content (AvgIpc) is 3.24. The Balaban J connectivity index is 0.00000182. The molecule has 3 amide bonds. The van der Waals surface area contributed by atoms with Gasteiger partial charge < -0.3 is 11.1 Å². The van der Waals surface area contributed by atoms with Crippen LogP contribution in [-0.4, -0.2) is 35.7 Å². The quantitative estimate of drug-likeness (QED) is 0.479. The third-order valence-electron chi connectivity index (χ3n) is 5.39. The second kappa shape index (κ2) is 6.52. The number of nitrogens with two attached hydrogens (primary N) is 1. The van der Waals surface area contributed by atoms with Crippen molar-refractivity contribution in [2.45, 2.75) is 6.42 Å². The Morgan fingerprint density at radius 3 is 2.32 bits per heavy atom. The molecule has 1 saturated heterocycles. The first-order valence-corrected chi connectivity index (χ1v) is 8.24. The molecule has 0 spiro atoms. The Labute approximate surface area is 151 Å². The van der Waals surface area contributed by atoms with E-state index in [0.717, 1.165) is 6.42 Å². The molecule has 0 aromatic heterocycles. The molecular formula is C18H20ClN3O3. The van der Waals surface area contributed by atoms with Crippen LogP contribution in [0.25, 0.3) is 0 Å². The fraction of sp³-hybridized carbons (Fsp3) is 0.389. The number of carbonyl (C=O) groups is 3. The van der Waals surface area contributed by atoms with Gasteiger partial charge in [0.15, 0.2) is 0 Å². The first kappa shape index (κ1) is 17.5. The Kier molecular flexibility index (Phi) is 4.56. The lowest BCUT2D eigenvalue weighted by Crippen LogP contribution is -2.39. The van der Waals surface area contributed by atoms with E-state index in [9.17, 15) is 14.4 Å². The summed E-state index contributed by atoms with van der Waals surface area (Å²) >= 11 is 0. The number of nitrogens with zero attached hydrogens (tertiary/aromatic N) is 1. The number of para-hydroxylation sites is 1. The molecule has 7 heteroatoms. The fourth-order valence-corrected chi connectivity index (χ4v) is 4.26. The minimum absolute atomic E-state index is 0. The Hall–Kier alpha value is -2.34. The number of allylic oxidation sites excluding steroid dienone is 2. The molecule has 1 heterocycles. The van der Waals surface area contributed by atoms with Gasteiger partial charge in [0.1, 0.15) is 0 Å². The van der Waals surface area contributed by atoms with Crippen molar-refractivity contribution < 1.29 is 14.4 Å². The molecule has 4 atom stereocenters. The number of carbonyl (C=O) groups excluding carboxylic acids is 3. The first-order chi connectivity index (χ1) is 11.6. The number of fused-ring (bicyclic) bond motifs is 5. The van der Waals surface area contributed by atoms with Crippen LogP contribution in [0.15, 0.2) is 36.4 Å². The standard InChI is InChI=1S/C18H19N3O3.ClH/c19-13-4-2-1-3-12(13)16(22)20-7-8-21-17(23)14-10-5-6-11(9-10)15(14)18(21)24;/h1-6,10-11,14-15H,7-9,19H2,(H,20,22);1H. The van der Waals surface area contributed by atoms with Crippen molar-refractivity contribution >= 4 is 35.8 Å². The Bertz CT molecular complexity index is 734. The third kappa shape index (κ3) is 2.70. The zero-order valence-corrected chi connectivity index (χ0v) is 14.4. The van der Waals surface area contributed by atoms with Gasteiger partial charge in [-0.1, -0.05) is 24.3 Å². The number of nitrogen functional groups attached to an aromatic ring is 1. The van der Waals surface area contributed by atoms with E-state index in [1.807, 2.05) is 0 Å². The van der Waals surface area contributed by atoms with E-state index >= 15 is 0 Å². The van der Waals surface area contributed by atoms with Gasteiger partial charge in [-0.25, -0.2) is 0 Å². The molecule has 2 aliphatic carbocycles. The molecule has 1 aromatic rings. The number of imide groups is 1. The van der Waals surface area contributed by atoms with Crippen LogP contribution in [0.3, 0.4) is 0 Å². The van der Waals surface area contributed by atoms with E-state index in [0.29, 0.717) is 11.3 Å². The average molecular weight is 362 g/mol. The zero-order valence-electron chi connectivity index (χ0n) is 13.6. The highest BCUT2D eigenvalue weighted by Crippen LogP contribution is 2.52. The number of hydrogen-bond acceptors (Lipinski definition) is 4. The molecule has 1 saturated carbocycles. The van der Waals surface area contributed by atoms with Gasteiger partial charge >= 0.3 is 0 Å². The largest absolute Gasteiger partial charge is 0.398 e. The molecule has 0 radical (unpaired) electrons. The Morgan fingerprint density at radius 1 is 1.12 bits per heavy atom. The number of likely N-dealkylation sites (tertiary alicyclic amines) is 1. The van der Waals surface area contributed by atoms with Gasteiger partial charge in [-0.15, -0.1) is 12.4 Å². The number of hydrogen-bond donors (Lipinski definition) is 2. The monoisotopic (exact) mass is 361 g/mol. The zero-order chi connectivity index (χ0) is 16.8. The minimum Gasteiger partial charge on any atom is -0.398 e. The summed E-state index contributed by atoms with van der Waals surface area (Å²) in [6, 6.07) is 6.80. The number of anilines is 1. The van der Waals surface area contributed by atoms with Crippen LogP contribution >= 0.6 is 12.4 Å². The third-order valence-corrected chi connectivity index (χ3v) is 5.39. The lowest BCUT2D eigenvalue weighted by Gasteiger charge is -2.17. The van der Waals surface area contributed by atoms with Crippen LogP contribution in [0.4, 0.5) is 5.69 Å². The van der Waals surface area contributed by atoms with Gasteiger partial charge in [0.05, 0.1) is 17.4 Å². The number of halogens is 1. The van der Waals surface area contributed by atoms with Gasteiger partial charge in [-0.3, -0.25) is 19.3 Å². The lowest BCUT2D eigenvalue weighted by molar-refractivity contribution is -0.140. The summed E-state index contributed by atoms with van der Waals surface area (Å²) in [5.41, 5.74) is 6.57. The van der Waals surface area contributed by atoms with Gasteiger partial charge in [-0.05, 0) is 30.4 Å². The van der Waals surface area contributed by atoms with Gasteiger partial charge in [0.25, 0.3) is 5.91 Å². The molecule has 25 heavy (non-hydrogen) atoms. The van der Waals surface area contributed by atoms with E-state index in [-0.39, 0.29) is 66.9 Å². The topological polar surface area (TPSA) is 92.5 Å². The fourth-order valence-electron chi connectivity index (χ4n) is 4.26. The molecule has 1 aliphatic heterocycles. The van der Waals surface area contributed by atoms with E-state index in [1.165, 1.54) is 4.90 Å². The maximum absolute atomic E-state index is 12.5. The molecule has 132 valence electrons. The molecule has 6 nitrogen and oxygen atoms in total. The summed E-state index contributed by atoms with van der Waals surface area (Å²) < 4.78 is 0. The van der Waals surface area contributed by atoms with Crippen LogP contribution in [0.2, 0.25) is 0 Å². The number of rotatable bonds is 4. The van der Waals surface area contributed by atoms with Crippen molar-refractivity contribution in [3.05, 3.63) is 42.0 Å². The van der Waals surface area contributed by atoms with Gasteiger partial charge in [0.2, 0.25) is 11.8 Å². The van der Waals surface area contributed by atoms with Crippen molar-refractivity contribution in [1.82, 2.24) is 10.2 Å². The predicted molar refractivity (Wildman–Crippen MR) is 94.9 cm³/mol. The number of nitrogens with one attached hydrogen (secondary N) is 1. The molecule has 4 unspecified atom stereocenters. The van der Waals surface area contributed by atoms with Crippen LogP contribution < -0.4 is 11.1 Å². The maximum atomic E-state index is 12.5. The van der Waals surface area contributed by atoms with Crippen LogP contribution in [0.1, 0.15) is 16.8 Å². The number of benzene rings is 1. The molecule has 1 aromatic carbocycles. The van der Waals surface area contributed by atoms with Crippen LogP contribution in [-0.2, 0) is 9.59 Å². The summed E-state index contributed by atoms with van der Waals surface area (Å²) in [6.07, 6.45) is 5.06. The molecule has 4 rings (SSSR count). The van der Waals surface area contributed by atoms with Crippen molar-refractivity contribution in [3.63, 3.8) is 0 Å². The molecule has 3 N–H and O–H groups in total. The molecule has 3 aliphatic rings. The highest BCUT2D eigenvalue weighted by molar-refractivity contribution is 6.06.